The van der Waals surface area contributed by atoms with Crippen molar-refractivity contribution in [2.75, 3.05) is 0 Å². The quantitative estimate of drug-likeness (QED) is 0.0679. The summed E-state index contributed by atoms with van der Waals surface area (Å²) in [5, 5.41) is 0. The van der Waals surface area contributed by atoms with Crippen molar-refractivity contribution in [3.8, 4) is 0 Å². The molecule has 0 fully saturated rings. The molecule has 0 atom stereocenters. The highest BCUT2D eigenvalue weighted by molar-refractivity contribution is 4.99. The second-order valence-corrected chi connectivity index (χ2v) is 14.6. The maximum absolute atomic E-state index is 4.92. The Morgan fingerprint density at radius 2 is 0.478 bits per heavy atom. The maximum Gasteiger partial charge on any atom is 0.132 e. The first kappa shape index (κ1) is 43.0. The summed E-state index contributed by atoms with van der Waals surface area (Å²) in [6, 6.07) is 0. The third-order valence-corrected chi connectivity index (χ3v) is 9.93. The fourth-order valence-electron chi connectivity index (χ4n) is 6.80. The predicted molar refractivity (Wildman–Crippen MR) is 205 cm³/mol. The van der Waals surface area contributed by atoms with Crippen LogP contribution in [0.25, 0.3) is 0 Å². The molecule has 1 radical (unpaired) electrons. The van der Waals surface area contributed by atoms with Gasteiger partial charge in [-0.05, 0) is 19.3 Å². The van der Waals surface area contributed by atoms with E-state index in [2.05, 4.69) is 20.8 Å². The zero-order valence-electron chi connectivity index (χ0n) is 31.7. The summed E-state index contributed by atoms with van der Waals surface area (Å²) >= 11 is 0. The van der Waals surface area contributed by atoms with Gasteiger partial charge in [0.2, 0.25) is 0 Å². The predicted octanol–water partition coefficient (Wildman–Crippen LogP) is 14.6. The van der Waals surface area contributed by atoms with Crippen molar-refractivity contribution < 1.29 is 0 Å². The minimum absolute atomic E-state index is 0.948. The van der Waals surface area contributed by atoms with Gasteiger partial charge >= 0.3 is 0 Å². The average molecular weight is 641 g/mol. The van der Waals surface area contributed by atoms with Crippen molar-refractivity contribution >= 4 is 0 Å². The highest BCUT2D eigenvalue weighted by Crippen LogP contribution is 2.16. The lowest BCUT2D eigenvalue weighted by Crippen LogP contribution is -2.08. The zero-order chi connectivity index (χ0) is 33.0. The molecular formula is C43H82N3. The van der Waals surface area contributed by atoms with Gasteiger partial charge in [-0.25, -0.2) is 15.0 Å². The van der Waals surface area contributed by atoms with E-state index in [1.807, 2.05) is 0 Å². The lowest BCUT2D eigenvalue weighted by molar-refractivity contribution is 0.527. The van der Waals surface area contributed by atoms with Crippen LogP contribution in [-0.4, -0.2) is 15.0 Å². The van der Waals surface area contributed by atoms with Crippen LogP contribution in [0, 0.1) is 6.92 Å². The summed E-state index contributed by atoms with van der Waals surface area (Å²) in [7, 11) is 0. The molecule has 0 aromatic carbocycles. The number of aryl methyl sites for hydroxylation is 3. The molecular weight excluding hydrogens is 558 g/mol. The van der Waals surface area contributed by atoms with Crippen LogP contribution in [0.2, 0.25) is 0 Å². The van der Waals surface area contributed by atoms with E-state index in [9.17, 15) is 0 Å². The van der Waals surface area contributed by atoms with Gasteiger partial charge in [-0.15, -0.1) is 0 Å². The molecule has 0 bridgehead atoms. The highest BCUT2D eigenvalue weighted by atomic mass is 15.0. The fraction of sp³-hybridized carbons (Fsp3) is 0.907. The zero-order valence-corrected chi connectivity index (χ0v) is 31.7. The molecule has 3 heteroatoms. The molecule has 1 rings (SSSR count). The minimum atomic E-state index is 0.948. The molecule has 0 N–H and O–H groups in total. The Morgan fingerprint density at radius 1 is 0.283 bits per heavy atom. The van der Waals surface area contributed by atoms with Crippen LogP contribution < -0.4 is 0 Å². The third-order valence-electron chi connectivity index (χ3n) is 9.93. The highest BCUT2D eigenvalue weighted by Gasteiger charge is 2.07. The maximum atomic E-state index is 4.92. The lowest BCUT2D eigenvalue weighted by Gasteiger charge is -2.08. The molecule has 46 heavy (non-hydrogen) atoms. The SMILES string of the molecule is [CH2]CCCc1nc(CCCCCCCCCCCCCCCCCC)nc(CCCCCCCCCCCCCCCCCC)n1. The van der Waals surface area contributed by atoms with Gasteiger partial charge in [0.05, 0.1) is 0 Å². The van der Waals surface area contributed by atoms with Gasteiger partial charge in [0.1, 0.15) is 17.5 Å². The van der Waals surface area contributed by atoms with Gasteiger partial charge in [0.25, 0.3) is 0 Å². The van der Waals surface area contributed by atoms with E-state index < -0.39 is 0 Å². The van der Waals surface area contributed by atoms with Crippen LogP contribution in [0.1, 0.15) is 250 Å². The summed E-state index contributed by atoms with van der Waals surface area (Å²) in [5.41, 5.74) is 0. The van der Waals surface area contributed by atoms with Crippen molar-refractivity contribution in [2.24, 2.45) is 0 Å². The monoisotopic (exact) mass is 641 g/mol. The summed E-state index contributed by atoms with van der Waals surface area (Å²) in [4.78, 5) is 14.6. The van der Waals surface area contributed by atoms with Crippen LogP contribution in [0.15, 0.2) is 0 Å². The molecule has 0 saturated carbocycles. The first-order valence-corrected chi connectivity index (χ1v) is 21.3. The van der Waals surface area contributed by atoms with Gasteiger partial charge in [-0.1, -0.05) is 220 Å². The van der Waals surface area contributed by atoms with Gasteiger partial charge in [0.15, 0.2) is 0 Å². The van der Waals surface area contributed by atoms with Crippen LogP contribution in [-0.2, 0) is 19.3 Å². The normalized spacial score (nSPS) is 11.5. The van der Waals surface area contributed by atoms with Crippen molar-refractivity contribution in [3.05, 3.63) is 24.4 Å². The Balaban J connectivity index is 2.06. The molecule has 0 unspecified atom stereocenters. The van der Waals surface area contributed by atoms with E-state index in [0.717, 1.165) is 49.6 Å². The molecule has 0 aliphatic heterocycles. The second kappa shape index (κ2) is 35.3. The molecule has 0 amide bonds. The topological polar surface area (TPSA) is 38.7 Å². The van der Waals surface area contributed by atoms with Gasteiger partial charge in [-0.3, -0.25) is 0 Å². The number of aromatic nitrogens is 3. The minimum Gasteiger partial charge on any atom is -0.218 e. The van der Waals surface area contributed by atoms with Crippen LogP contribution in [0.5, 0.6) is 0 Å². The van der Waals surface area contributed by atoms with E-state index in [4.69, 9.17) is 15.0 Å². The molecule has 0 aliphatic rings. The van der Waals surface area contributed by atoms with Crippen LogP contribution in [0.4, 0.5) is 0 Å². The Morgan fingerprint density at radius 3 is 0.696 bits per heavy atom. The molecule has 1 aromatic rings. The third kappa shape index (κ3) is 29.2. The summed E-state index contributed by atoms with van der Waals surface area (Å²) in [6.45, 7) is 8.63. The first-order chi connectivity index (χ1) is 22.8. The van der Waals surface area contributed by atoms with E-state index >= 15 is 0 Å². The smallest absolute Gasteiger partial charge is 0.132 e. The van der Waals surface area contributed by atoms with Crippen LogP contribution in [0.3, 0.4) is 0 Å². The van der Waals surface area contributed by atoms with E-state index in [-0.39, 0.29) is 0 Å². The van der Waals surface area contributed by atoms with Crippen molar-refractivity contribution in [2.45, 2.75) is 251 Å². The Bertz CT molecular complexity index is 678. The molecule has 0 aliphatic carbocycles. The first-order valence-electron chi connectivity index (χ1n) is 21.3. The Labute approximate surface area is 290 Å². The number of hydrogen-bond acceptors (Lipinski definition) is 3. The Kier molecular flexibility index (Phi) is 33.0. The number of hydrogen-bond donors (Lipinski definition) is 0. The van der Waals surface area contributed by atoms with Crippen LogP contribution >= 0.6 is 0 Å². The van der Waals surface area contributed by atoms with Gasteiger partial charge in [0, 0.05) is 19.3 Å². The van der Waals surface area contributed by atoms with E-state index in [0.29, 0.717) is 0 Å². The largest absolute Gasteiger partial charge is 0.218 e. The molecule has 1 aromatic heterocycles. The number of unbranched alkanes of at least 4 members (excludes halogenated alkanes) is 31. The molecule has 0 spiro atoms. The summed E-state index contributed by atoms with van der Waals surface area (Å²) in [5.74, 6) is 3.11. The average Bonchev–Trinajstić information content (AvgIpc) is 3.07. The number of rotatable bonds is 37. The van der Waals surface area contributed by atoms with Crippen molar-refractivity contribution in [3.63, 3.8) is 0 Å². The molecule has 269 valence electrons. The fourth-order valence-corrected chi connectivity index (χ4v) is 6.80. The van der Waals surface area contributed by atoms with Gasteiger partial charge < -0.3 is 0 Å². The molecule has 3 nitrogen and oxygen atoms in total. The van der Waals surface area contributed by atoms with E-state index in [1.165, 1.54) is 205 Å². The summed E-state index contributed by atoms with van der Waals surface area (Å²) < 4.78 is 0. The van der Waals surface area contributed by atoms with E-state index in [1.54, 1.807) is 0 Å². The summed E-state index contributed by atoms with van der Waals surface area (Å²) in [6.07, 6.45) is 50.1. The lowest BCUT2D eigenvalue weighted by atomic mass is 10.0. The second-order valence-electron chi connectivity index (χ2n) is 14.6. The molecule has 0 saturated heterocycles. The van der Waals surface area contributed by atoms with Crippen molar-refractivity contribution in [1.29, 1.82) is 0 Å². The Hall–Kier alpha value is -0.990. The van der Waals surface area contributed by atoms with Crippen molar-refractivity contribution in [1.82, 2.24) is 15.0 Å². The number of nitrogens with zero attached hydrogens (tertiary/aromatic N) is 3. The molecule has 1 heterocycles. The van der Waals surface area contributed by atoms with Gasteiger partial charge in [-0.2, -0.15) is 0 Å². The standard InChI is InChI=1S/C43H82N3/c1-4-7-10-12-14-16-18-20-22-24-26-28-30-32-34-36-39-42-44-41(38-9-6-3)45-43(46-42)40-37-35-33-31-29-27-25-23-21-19-17-15-13-11-8-5-2/h3-40H2,1-2H3.